The maximum Gasteiger partial charge on any atom is 0.256 e. The van der Waals surface area contributed by atoms with Crippen molar-refractivity contribution < 1.29 is 14.3 Å². The number of benzene rings is 2. The zero-order valence-corrected chi connectivity index (χ0v) is 19.7. The summed E-state index contributed by atoms with van der Waals surface area (Å²) in [5, 5.41) is 13.2. The number of halogens is 1. The van der Waals surface area contributed by atoms with Crippen LogP contribution in [0.15, 0.2) is 48.8 Å². The van der Waals surface area contributed by atoms with Crippen LogP contribution in [0.5, 0.6) is 0 Å². The minimum atomic E-state index is -2.07. The number of aliphatic hydroxyl groups is 1. The normalized spacial score (nSPS) is 13.5. The van der Waals surface area contributed by atoms with E-state index in [1.807, 2.05) is 25.1 Å². The van der Waals surface area contributed by atoms with Crippen molar-refractivity contribution in [1.29, 1.82) is 0 Å². The number of anilines is 1. The third-order valence-corrected chi connectivity index (χ3v) is 6.28. The Labute approximate surface area is 205 Å². The molecule has 0 bridgehead atoms. The number of aromatic nitrogens is 3. The Hall–Kier alpha value is -3.65. The van der Waals surface area contributed by atoms with Gasteiger partial charge in [0.15, 0.2) is 0 Å². The molecule has 4 radical (unpaired) electrons. The number of fused-ring (bicyclic) bond motifs is 2. The summed E-state index contributed by atoms with van der Waals surface area (Å²) in [4.78, 5) is 20.5. The number of hydrogen-bond acceptors (Lipinski definition) is 5. The van der Waals surface area contributed by atoms with E-state index in [4.69, 9.17) is 15.7 Å². The number of carbonyl (C=O) groups excluding carboxylic acids is 1. The van der Waals surface area contributed by atoms with E-state index < -0.39 is 11.2 Å². The van der Waals surface area contributed by atoms with E-state index in [1.165, 1.54) is 6.07 Å². The van der Waals surface area contributed by atoms with Crippen LogP contribution in [0.25, 0.3) is 22.0 Å². The molecule has 0 spiro atoms. The zero-order chi connectivity index (χ0) is 25.1. The van der Waals surface area contributed by atoms with E-state index in [2.05, 4.69) is 10.1 Å². The molecule has 1 amide bonds. The van der Waals surface area contributed by atoms with E-state index in [1.54, 1.807) is 53.3 Å². The van der Waals surface area contributed by atoms with E-state index >= 15 is 4.39 Å². The molecule has 0 fully saturated rings. The highest BCUT2D eigenvalue weighted by Crippen LogP contribution is 2.37. The monoisotopic (exact) mass is 465 g/mol. The Kier molecular flexibility index (Phi) is 5.44. The summed E-state index contributed by atoms with van der Waals surface area (Å²) in [5.41, 5.74) is 4.33. The molecule has 5 rings (SSSR count). The topological polar surface area (TPSA) is 74.5 Å². The van der Waals surface area contributed by atoms with Gasteiger partial charge in [-0.15, -0.1) is 0 Å². The fraction of sp³-hybridized carbons (Fsp3) is 0.240. The van der Waals surface area contributed by atoms with Crippen LogP contribution in [0.3, 0.4) is 0 Å². The molecule has 1 N–H and O–H groups in total. The summed E-state index contributed by atoms with van der Waals surface area (Å²) in [6, 6.07) is 10.1. The highest BCUT2D eigenvalue weighted by molar-refractivity contribution is 6.39. The molecule has 4 aromatic rings. The van der Waals surface area contributed by atoms with Gasteiger partial charge in [0.05, 0.1) is 29.9 Å². The van der Waals surface area contributed by atoms with Crippen LogP contribution in [-0.4, -0.2) is 60.5 Å². The van der Waals surface area contributed by atoms with Crippen molar-refractivity contribution in [2.75, 3.05) is 19.0 Å². The van der Waals surface area contributed by atoms with Gasteiger partial charge in [0.2, 0.25) is 0 Å². The van der Waals surface area contributed by atoms with E-state index in [0.717, 1.165) is 0 Å². The van der Waals surface area contributed by atoms with Crippen molar-refractivity contribution in [3.05, 3.63) is 77.0 Å². The van der Waals surface area contributed by atoms with Gasteiger partial charge < -0.3 is 14.9 Å². The molecule has 1 aliphatic rings. The zero-order valence-electron chi connectivity index (χ0n) is 19.7. The largest absolute Gasteiger partial charge is 0.405 e. The van der Waals surface area contributed by atoms with Crippen LogP contribution < -0.4 is 4.90 Å². The fourth-order valence-corrected chi connectivity index (χ4v) is 4.63. The van der Waals surface area contributed by atoms with Crippen molar-refractivity contribution in [3.63, 3.8) is 0 Å². The highest BCUT2D eigenvalue weighted by atomic mass is 19.1. The van der Waals surface area contributed by atoms with Crippen molar-refractivity contribution in [2.24, 2.45) is 7.05 Å². The van der Waals surface area contributed by atoms with Crippen LogP contribution >= 0.6 is 0 Å². The summed E-state index contributed by atoms with van der Waals surface area (Å²) in [5.74, 6) is -0.594. The van der Waals surface area contributed by atoms with Crippen LogP contribution in [0, 0.1) is 5.82 Å². The first kappa shape index (κ1) is 23.1. The maximum absolute atomic E-state index is 15.7. The first-order chi connectivity index (χ1) is 16.5. The average Bonchev–Trinajstić information content (AvgIpc) is 3.33. The Morgan fingerprint density at radius 3 is 2.66 bits per heavy atom. The van der Waals surface area contributed by atoms with Crippen molar-refractivity contribution in [2.45, 2.75) is 18.5 Å². The molecule has 0 saturated carbocycles. The summed E-state index contributed by atoms with van der Waals surface area (Å²) in [6.45, 7) is 0.450. The van der Waals surface area contributed by atoms with Crippen LogP contribution in [-0.2, 0) is 25.5 Å². The fourth-order valence-electron chi connectivity index (χ4n) is 4.63. The second-order valence-electron chi connectivity index (χ2n) is 9.06. The Balaban J connectivity index is 1.59. The SMILES string of the molecule is [B]C([B])(O)c1ccc(-c2cc(F)c(CN3Cc4ncccc4C3=O)c(N(C)C)c2)c2cn(C)nc12. The molecule has 172 valence electrons. The molecule has 0 saturated heterocycles. The first-order valence-electron chi connectivity index (χ1n) is 11.0. The lowest BCUT2D eigenvalue weighted by molar-refractivity contribution is 0.0765. The second-order valence-corrected chi connectivity index (χ2v) is 9.06. The summed E-state index contributed by atoms with van der Waals surface area (Å²) in [6.07, 6.45) is 3.42. The lowest BCUT2D eigenvalue weighted by Gasteiger charge is -2.24. The molecule has 2 aromatic carbocycles. The molecule has 0 atom stereocenters. The van der Waals surface area contributed by atoms with Gasteiger partial charge in [-0.1, -0.05) is 12.1 Å². The third kappa shape index (κ3) is 3.97. The van der Waals surface area contributed by atoms with Crippen LogP contribution in [0.2, 0.25) is 0 Å². The lowest BCUT2D eigenvalue weighted by Crippen LogP contribution is -2.26. The average molecular weight is 465 g/mol. The summed E-state index contributed by atoms with van der Waals surface area (Å²) < 4.78 is 17.2. The third-order valence-electron chi connectivity index (χ3n) is 6.28. The number of rotatable bonds is 5. The number of amides is 1. The Bertz CT molecular complexity index is 1480. The number of nitrogens with zero attached hydrogens (tertiary/aromatic N) is 5. The number of aryl methyl sites for hydroxylation is 1. The first-order valence-corrected chi connectivity index (χ1v) is 11.0. The van der Waals surface area contributed by atoms with E-state index in [9.17, 15) is 9.90 Å². The van der Waals surface area contributed by atoms with E-state index in [0.29, 0.717) is 51.1 Å². The van der Waals surface area contributed by atoms with Crippen molar-refractivity contribution in [1.82, 2.24) is 19.7 Å². The minimum Gasteiger partial charge on any atom is -0.405 e. The van der Waals surface area contributed by atoms with Gasteiger partial charge in [0, 0.05) is 55.6 Å². The van der Waals surface area contributed by atoms with Crippen molar-refractivity contribution in [3.8, 4) is 11.1 Å². The Morgan fingerprint density at radius 1 is 1.20 bits per heavy atom. The number of hydrogen-bond donors (Lipinski definition) is 1. The van der Waals surface area contributed by atoms with E-state index in [-0.39, 0.29) is 18.0 Å². The molecule has 3 heterocycles. The molecule has 7 nitrogen and oxygen atoms in total. The Morgan fingerprint density at radius 2 is 1.97 bits per heavy atom. The molecular formula is C25H22B2FN5O2. The molecule has 10 heteroatoms. The van der Waals surface area contributed by atoms with Gasteiger partial charge in [0.25, 0.3) is 5.91 Å². The van der Waals surface area contributed by atoms with Gasteiger partial charge in [0.1, 0.15) is 21.5 Å². The predicted molar refractivity (Wildman–Crippen MR) is 134 cm³/mol. The molecule has 35 heavy (non-hydrogen) atoms. The molecule has 0 unspecified atom stereocenters. The van der Waals surface area contributed by atoms with Gasteiger partial charge in [-0.25, -0.2) is 4.39 Å². The lowest BCUT2D eigenvalue weighted by atomic mass is 9.61. The van der Waals surface area contributed by atoms with Crippen LogP contribution in [0.4, 0.5) is 10.1 Å². The molecule has 2 aromatic heterocycles. The van der Waals surface area contributed by atoms with Gasteiger partial charge in [-0.2, -0.15) is 5.10 Å². The molecular weight excluding hydrogens is 443 g/mol. The highest BCUT2D eigenvalue weighted by Gasteiger charge is 2.30. The number of carbonyl (C=O) groups is 1. The molecule has 0 aliphatic carbocycles. The van der Waals surface area contributed by atoms with Crippen molar-refractivity contribution >= 4 is 38.2 Å². The van der Waals surface area contributed by atoms with Gasteiger partial charge >= 0.3 is 0 Å². The standard InChI is InChI=1S/C25H22B2FN5O2/c1-31(2)22-10-14(15-6-7-19(25(26,27)35)23-17(15)11-32(3)30-23)9-20(28)18(22)12-33-13-21-16(24(33)34)5-4-8-29-21/h4-11,35H,12-13H2,1-3H3. The van der Waals surface area contributed by atoms with Gasteiger partial charge in [-0.05, 0) is 41.0 Å². The van der Waals surface area contributed by atoms with Gasteiger partial charge in [-0.3, -0.25) is 14.5 Å². The molecule has 1 aliphatic heterocycles. The predicted octanol–water partition coefficient (Wildman–Crippen LogP) is 2.44. The minimum absolute atomic E-state index is 0.115. The summed E-state index contributed by atoms with van der Waals surface area (Å²) >= 11 is 0. The maximum atomic E-state index is 15.7. The smallest absolute Gasteiger partial charge is 0.256 e. The second kappa shape index (κ2) is 8.23. The van der Waals surface area contributed by atoms with Crippen LogP contribution in [0.1, 0.15) is 27.2 Å². The summed E-state index contributed by atoms with van der Waals surface area (Å²) in [7, 11) is 16.9. The quantitative estimate of drug-likeness (QED) is 0.459. The number of pyridine rings is 1.